The monoisotopic (exact) mass is 444 g/mol. The zero-order chi connectivity index (χ0) is 23.2. The molecule has 4 rings (SSSR count). The molecule has 4 aromatic rings. The summed E-state index contributed by atoms with van der Waals surface area (Å²) in [5.41, 5.74) is 1.45. The predicted octanol–water partition coefficient (Wildman–Crippen LogP) is 5.10. The number of carbonyl (C=O) groups excluding carboxylic acids is 2. The van der Waals surface area contributed by atoms with Gasteiger partial charge in [-0.25, -0.2) is 14.6 Å². The molecule has 0 saturated heterocycles. The molecule has 166 valence electrons. The van der Waals surface area contributed by atoms with Crippen molar-refractivity contribution >= 4 is 22.9 Å². The van der Waals surface area contributed by atoms with E-state index in [1.165, 1.54) is 0 Å². The lowest BCUT2D eigenvalue weighted by atomic mass is 10.2. The van der Waals surface area contributed by atoms with Gasteiger partial charge in [0.1, 0.15) is 6.61 Å². The van der Waals surface area contributed by atoms with Gasteiger partial charge in [0.05, 0.1) is 6.54 Å². The van der Waals surface area contributed by atoms with Gasteiger partial charge in [-0.2, -0.15) is 4.68 Å². The average Bonchev–Trinajstić information content (AvgIpc) is 3.11. The lowest BCUT2D eigenvalue weighted by molar-refractivity contribution is 0.148. The van der Waals surface area contributed by atoms with E-state index in [0.717, 1.165) is 15.2 Å². The van der Waals surface area contributed by atoms with Crippen molar-refractivity contribution in [3.05, 3.63) is 96.1 Å². The van der Waals surface area contributed by atoms with Crippen LogP contribution in [0, 0.1) is 0 Å². The van der Waals surface area contributed by atoms with E-state index in [-0.39, 0.29) is 24.9 Å². The molecule has 3 aromatic carbocycles. The summed E-state index contributed by atoms with van der Waals surface area (Å²) in [6.45, 7) is -0.0783. The number of carbonyl (C=O) groups is 2. The van der Waals surface area contributed by atoms with Crippen LogP contribution < -0.4 is 5.01 Å². The molecule has 1 heterocycles. The topological polar surface area (TPSA) is 117 Å². The smallest absolute Gasteiger partial charge is 0.452 e. The molecule has 0 unspecified atom stereocenters. The van der Waals surface area contributed by atoms with E-state index in [1.807, 2.05) is 12.1 Å². The van der Waals surface area contributed by atoms with E-state index in [1.54, 1.807) is 72.8 Å². The first-order valence-electron chi connectivity index (χ1n) is 10.0. The molecule has 9 heteroatoms. The number of aromatic nitrogens is 1. The Morgan fingerprint density at radius 3 is 1.85 bits per heavy atom. The van der Waals surface area contributed by atoms with Crippen LogP contribution in [0.15, 0.2) is 95.2 Å². The molecule has 0 spiro atoms. The number of benzene rings is 3. The standard InChI is InChI=1S/C24H20N4O5/c29-21-19-13-7-8-14-20(19)22(30)28(21)27(15-17-9-3-1-4-10-17)23(31)25-26-24(32)33-16-18-11-5-2-6-12-18/h1-14,29-30H,15-16H2/b26-25+. The van der Waals surface area contributed by atoms with Crippen molar-refractivity contribution in [2.75, 3.05) is 5.01 Å². The molecular weight excluding hydrogens is 424 g/mol. The van der Waals surface area contributed by atoms with E-state index in [9.17, 15) is 19.8 Å². The van der Waals surface area contributed by atoms with Crippen molar-refractivity contribution in [2.24, 2.45) is 10.2 Å². The molecule has 0 fully saturated rings. The van der Waals surface area contributed by atoms with E-state index < -0.39 is 12.1 Å². The Morgan fingerprint density at radius 2 is 1.27 bits per heavy atom. The molecule has 0 radical (unpaired) electrons. The second kappa shape index (κ2) is 9.65. The van der Waals surface area contributed by atoms with Crippen LogP contribution >= 0.6 is 0 Å². The summed E-state index contributed by atoms with van der Waals surface area (Å²) >= 11 is 0. The minimum absolute atomic E-state index is 0.0226. The molecule has 0 saturated carbocycles. The van der Waals surface area contributed by atoms with Crippen LogP contribution in [0.1, 0.15) is 11.1 Å². The molecule has 1 aromatic heterocycles. The molecule has 0 atom stereocenters. The third kappa shape index (κ3) is 4.82. The van der Waals surface area contributed by atoms with Crippen LogP contribution in [0.4, 0.5) is 9.59 Å². The second-order valence-electron chi connectivity index (χ2n) is 7.07. The highest BCUT2D eigenvalue weighted by Crippen LogP contribution is 2.36. The van der Waals surface area contributed by atoms with Gasteiger partial charge in [-0.05, 0) is 23.3 Å². The molecule has 0 bridgehead atoms. The van der Waals surface area contributed by atoms with Crippen LogP contribution in [0.25, 0.3) is 10.8 Å². The van der Waals surface area contributed by atoms with Gasteiger partial charge in [-0.3, -0.25) is 0 Å². The Hall–Kier alpha value is -4.66. The zero-order valence-corrected chi connectivity index (χ0v) is 17.4. The van der Waals surface area contributed by atoms with Crippen LogP contribution in [-0.2, 0) is 17.9 Å². The Kier molecular flexibility index (Phi) is 6.31. The van der Waals surface area contributed by atoms with Gasteiger partial charge >= 0.3 is 12.1 Å². The van der Waals surface area contributed by atoms with Crippen molar-refractivity contribution < 1.29 is 24.5 Å². The van der Waals surface area contributed by atoms with Gasteiger partial charge in [0, 0.05) is 10.8 Å². The van der Waals surface area contributed by atoms with Crippen LogP contribution in [-0.4, -0.2) is 27.0 Å². The number of rotatable bonds is 5. The van der Waals surface area contributed by atoms with Crippen molar-refractivity contribution in [2.45, 2.75) is 13.2 Å². The lowest BCUT2D eigenvalue weighted by Gasteiger charge is -2.22. The molecular formula is C24H20N4O5. The van der Waals surface area contributed by atoms with Gasteiger partial charge in [0.15, 0.2) is 0 Å². The summed E-state index contributed by atoms with van der Waals surface area (Å²) in [4.78, 5) is 24.9. The molecule has 3 amide bonds. The van der Waals surface area contributed by atoms with E-state index in [0.29, 0.717) is 16.3 Å². The summed E-state index contributed by atoms with van der Waals surface area (Å²) in [5.74, 6) is -0.705. The first-order valence-corrected chi connectivity index (χ1v) is 10.0. The van der Waals surface area contributed by atoms with Crippen molar-refractivity contribution in [1.29, 1.82) is 0 Å². The molecule has 0 aliphatic rings. The largest absolute Gasteiger partial charge is 0.493 e. The Balaban J connectivity index is 1.59. The molecule has 0 aliphatic heterocycles. The maximum atomic E-state index is 12.9. The number of hydrogen-bond acceptors (Lipinski definition) is 5. The third-order valence-electron chi connectivity index (χ3n) is 4.87. The summed E-state index contributed by atoms with van der Waals surface area (Å²) in [7, 11) is 0. The number of hydrogen-bond donors (Lipinski definition) is 2. The summed E-state index contributed by atoms with van der Waals surface area (Å²) in [5, 5.41) is 29.9. The van der Waals surface area contributed by atoms with Crippen LogP contribution in [0.5, 0.6) is 11.8 Å². The highest BCUT2D eigenvalue weighted by molar-refractivity contribution is 5.95. The van der Waals surface area contributed by atoms with E-state index in [2.05, 4.69) is 10.2 Å². The van der Waals surface area contributed by atoms with Gasteiger partial charge in [-0.15, -0.1) is 0 Å². The molecule has 2 N–H and O–H groups in total. The number of ether oxygens (including phenoxy) is 1. The number of nitrogens with zero attached hydrogens (tertiary/aromatic N) is 4. The fourth-order valence-electron chi connectivity index (χ4n) is 3.29. The Bertz CT molecular complexity index is 1260. The SMILES string of the molecule is O=C(/N=N/C(=O)N(Cc1ccccc1)n1c(O)c2ccccc2c1O)OCc1ccccc1. The second-order valence-corrected chi connectivity index (χ2v) is 7.07. The first-order chi connectivity index (χ1) is 16.0. The van der Waals surface area contributed by atoms with E-state index >= 15 is 0 Å². The third-order valence-corrected chi connectivity index (χ3v) is 4.87. The summed E-state index contributed by atoms with van der Waals surface area (Å²) in [6.07, 6.45) is -1.04. The number of amides is 3. The zero-order valence-electron chi connectivity index (χ0n) is 17.4. The number of fused-ring (bicyclic) bond motifs is 1. The minimum atomic E-state index is -1.04. The number of urea groups is 1. The quantitative estimate of drug-likeness (QED) is 0.415. The normalized spacial score (nSPS) is 11.0. The van der Waals surface area contributed by atoms with Gasteiger partial charge in [0.2, 0.25) is 11.8 Å². The summed E-state index contributed by atoms with van der Waals surface area (Å²) < 4.78 is 5.94. The summed E-state index contributed by atoms with van der Waals surface area (Å²) in [6, 6.07) is 23.5. The van der Waals surface area contributed by atoms with Crippen LogP contribution in [0.3, 0.4) is 0 Å². The Labute approximate surface area is 188 Å². The highest BCUT2D eigenvalue weighted by atomic mass is 16.5. The number of azo groups is 1. The fraction of sp³-hybridized carbons (Fsp3) is 0.0833. The van der Waals surface area contributed by atoms with Crippen molar-refractivity contribution in [1.82, 2.24) is 4.68 Å². The number of aromatic hydroxyl groups is 2. The average molecular weight is 444 g/mol. The van der Waals surface area contributed by atoms with Gasteiger partial charge in [-0.1, -0.05) is 83.0 Å². The van der Waals surface area contributed by atoms with Crippen molar-refractivity contribution in [3.8, 4) is 11.8 Å². The van der Waals surface area contributed by atoms with Gasteiger partial charge < -0.3 is 14.9 Å². The maximum Gasteiger partial charge on any atom is 0.452 e. The molecule has 9 nitrogen and oxygen atoms in total. The highest BCUT2D eigenvalue weighted by Gasteiger charge is 2.25. The molecule has 33 heavy (non-hydrogen) atoms. The first kappa shape index (κ1) is 21.6. The predicted molar refractivity (Wildman–Crippen MR) is 121 cm³/mol. The minimum Gasteiger partial charge on any atom is -0.493 e. The molecule has 0 aliphatic carbocycles. The van der Waals surface area contributed by atoms with Crippen molar-refractivity contribution in [3.63, 3.8) is 0 Å². The maximum absolute atomic E-state index is 12.9. The fourth-order valence-corrected chi connectivity index (χ4v) is 3.29. The Morgan fingerprint density at radius 1 is 0.758 bits per heavy atom. The van der Waals surface area contributed by atoms with E-state index in [4.69, 9.17) is 4.74 Å². The lowest BCUT2D eigenvalue weighted by Crippen LogP contribution is -2.37. The van der Waals surface area contributed by atoms with Crippen LogP contribution in [0.2, 0.25) is 0 Å². The van der Waals surface area contributed by atoms with Gasteiger partial charge in [0.25, 0.3) is 0 Å².